The first kappa shape index (κ1) is 15.3. The summed E-state index contributed by atoms with van der Waals surface area (Å²) in [5.41, 5.74) is 8.18. The summed E-state index contributed by atoms with van der Waals surface area (Å²) in [6, 6.07) is 7.74. The van der Waals surface area contributed by atoms with Gasteiger partial charge < -0.3 is 5.32 Å². The second-order valence-electron chi connectivity index (χ2n) is 6.63. The van der Waals surface area contributed by atoms with Crippen molar-refractivity contribution in [1.82, 2.24) is 15.1 Å². The third kappa shape index (κ3) is 2.58. The van der Waals surface area contributed by atoms with Gasteiger partial charge in [-0.1, -0.05) is 30.7 Å². The molecule has 0 saturated carbocycles. The van der Waals surface area contributed by atoms with E-state index in [1.54, 1.807) is 0 Å². The van der Waals surface area contributed by atoms with Crippen LogP contribution >= 0.6 is 0 Å². The number of nitrogens with zero attached hydrogens (tertiary/aromatic N) is 2. The highest BCUT2D eigenvalue weighted by Gasteiger charge is 2.27. The molecular weight excluding hydrogens is 270 g/mol. The van der Waals surface area contributed by atoms with Crippen LogP contribution in [-0.4, -0.2) is 9.78 Å². The molecule has 0 unspecified atom stereocenters. The van der Waals surface area contributed by atoms with Gasteiger partial charge in [-0.25, -0.2) is 0 Å². The van der Waals surface area contributed by atoms with Gasteiger partial charge in [-0.2, -0.15) is 5.10 Å². The van der Waals surface area contributed by atoms with Crippen molar-refractivity contribution in [3.63, 3.8) is 0 Å². The fraction of sp³-hybridized carbons (Fsp3) is 0.526. The van der Waals surface area contributed by atoms with Crippen molar-refractivity contribution < 1.29 is 0 Å². The minimum Gasteiger partial charge on any atom is -0.303 e. The van der Waals surface area contributed by atoms with Gasteiger partial charge >= 0.3 is 0 Å². The van der Waals surface area contributed by atoms with Crippen LogP contribution in [0.15, 0.2) is 18.2 Å². The van der Waals surface area contributed by atoms with E-state index in [0.717, 1.165) is 12.1 Å². The maximum Gasteiger partial charge on any atom is 0.0644 e. The van der Waals surface area contributed by atoms with Crippen molar-refractivity contribution in [2.45, 2.75) is 59.0 Å². The van der Waals surface area contributed by atoms with Crippen molar-refractivity contribution in [3.05, 3.63) is 51.8 Å². The van der Waals surface area contributed by atoms with E-state index in [1.807, 2.05) is 11.7 Å². The maximum absolute atomic E-state index is 4.59. The summed E-state index contributed by atoms with van der Waals surface area (Å²) in [7, 11) is 2.03. The van der Waals surface area contributed by atoms with E-state index in [1.165, 1.54) is 40.8 Å². The van der Waals surface area contributed by atoms with Crippen LogP contribution in [0.2, 0.25) is 0 Å². The van der Waals surface area contributed by atoms with Crippen molar-refractivity contribution >= 4 is 0 Å². The Balaban J connectivity index is 1.88. The fourth-order valence-electron chi connectivity index (χ4n) is 3.84. The smallest absolute Gasteiger partial charge is 0.0644 e. The molecule has 0 spiro atoms. The zero-order valence-electron chi connectivity index (χ0n) is 14.4. The third-order valence-corrected chi connectivity index (χ3v) is 5.10. The quantitative estimate of drug-likeness (QED) is 0.922. The van der Waals surface area contributed by atoms with Gasteiger partial charge in [0.2, 0.25) is 0 Å². The predicted octanol–water partition coefficient (Wildman–Crippen LogP) is 4.07. The minimum atomic E-state index is 0.380. The number of aromatic nitrogens is 2. The molecule has 22 heavy (non-hydrogen) atoms. The summed E-state index contributed by atoms with van der Waals surface area (Å²) >= 11 is 0. The molecule has 0 amide bonds. The Morgan fingerprint density at radius 2 is 2.09 bits per heavy atom. The first-order valence-electron chi connectivity index (χ1n) is 8.36. The molecule has 1 aliphatic rings. The molecule has 0 fully saturated rings. The molecule has 3 nitrogen and oxygen atoms in total. The molecule has 3 heteroatoms. The first-order valence-corrected chi connectivity index (χ1v) is 8.36. The Labute approximate surface area is 133 Å². The molecule has 118 valence electrons. The van der Waals surface area contributed by atoms with E-state index < -0.39 is 0 Å². The second kappa shape index (κ2) is 5.88. The molecular formula is C19H27N3. The topological polar surface area (TPSA) is 29.9 Å². The molecule has 1 aromatic heterocycles. The zero-order chi connectivity index (χ0) is 15.9. The average molecular weight is 297 g/mol. The standard InChI is InChI=1S/C19H27N3/c1-6-17(19-13(3)21-22(5)14(19)4)20-18-10-9-15-8-7-12(2)11-16(15)18/h7-8,11,17-18,20H,6,9-10H2,1-5H3/t17-,18+/m1/s1. The Morgan fingerprint density at radius 1 is 1.32 bits per heavy atom. The highest BCUT2D eigenvalue weighted by atomic mass is 15.3. The summed E-state index contributed by atoms with van der Waals surface area (Å²) in [5.74, 6) is 0. The van der Waals surface area contributed by atoms with Crippen LogP contribution in [0.4, 0.5) is 0 Å². The lowest BCUT2D eigenvalue weighted by molar-refractivity contribution is 0.430. The highest BCUT2D eigenvalue weighted by molar-refractivity contribution is 5.38. The van der Waals surface area contributed by atoms with Crippen LogP contribution in [0.1, 0.15) is 65.5 Å². The monoisotopic (exact) mass is 297 g/mol. The van der Waals surface area contributed by atoms with E-state index >= 15 is 0 Å². The van der Waals surface area contributed by atoms with E-state index in [-0.39, 0.29) is 0 Å². The van der Waals surface area contributed by atoms with Crippen LogP contribution in [0.25, 0.3) is 0 Å². The SMILES string of the molecule is CC[C@@H](N[C@H]1CCc2ccc(C)cc21)c1c(C)nn(C)c1C. The Bertz CT molecular complexity index is 684. The summed E-state index contributed by atoms with van der Waals surface area (Å²) in [6.45, 7) is 8.74. The number of benzene rings is 1. The minimum absolute atomic E-state index is 0.380. The van der Waals surface area contributed by atoms with E-state index in [0.29, 0.717) is 12.1 Å². The first-order chi connectivity index (χ1) is 10.5. The number of hydrogen-bond donors (Lipinski definition) is 1. The van der Waals surface area contributed by atoms with Gasteiger partial charge in [0.1, 0.15) is 0 Å². The molecule has 0 aliphatic heterocycles. The van der Waals surface area contributed by atoms with Crippen LogP contribution in [0.3, 0.4) is 0 Å². The van der Waals surface area contributed by atoms with Gasteiger partial charge in [0.05, 0.1) is 5.69 Å². The molecule has 2 atom stereocenters. The number of nitrogens with one attached hydrogen (secondary N) is 1. The van der Waals surface area contributed by atoms with Crippen LogP contribution in [0.5, 0.6) is 0 Å². The van der Waals surface area contributed by atoms with Crippen LogP contribution in [-0.2, 0) is 13.5 Å². The summed E-state index contributed by atoms with van der Waals surface area (Å²) in [6.07, 6.45) is 3.48. The van der Waals surface area contributed by atoms with Gasteiger partial charge in [-0.15, -0.1) is 0 Å². The number of hydrogen-bond acceptors (Lipinski definition) is 2. The van der Waals surface area contributed by atoms with E-state index in [2.05, 4.69) is 56.3 Å². The van der Waals surface area contributed by atoms with E-state index in [4.69, 9.17) is 0 Å². The van der Waals surface area contributed by atoms with Gasteiger partial charge in [0, 0.05) is 30.4 Å². The lowest BCUT2D eigenvalue weighted by atomic mass is 9.99. The molecule has 1 heterocycles. The largest absolute Gasteiger partial charge is 0.303 e. The molecule has 1 N–H and O–H groups in total. The number of aryl methyl sites for hydroxylation is 4. The second-order valence-corrected chi connectivity index (χ2v) is 6.63. The van der Waals surface area contributed by atoms with Crippen LogP contribution in [0, 0.1) is 20.8 Å². The van der Waals surface area contributed by atoms with Gasteiger partial charge in [0.25, 0.3) is 0 Å². The Hall–Kier alpha value is -1.61. The van der Waals surface area contributed by atoms with Gasteiger partial charge in [-0.05, 0) is 51.2 Å². The fourth-order valence-corrected chi connectivity index (χ4v) is 3.84. The highest BCUT2D eigenvalue weighted by Crippen LogP contribution is 2.35. The van der Waals surface area contributed by atoms with Crippen molar-refractivity contribution in [2.75, 3.05) is 0 Å². The lowest BCUT2D eigenvalue weighted by Gasteiger charge is -2.23. The van der Waals surface area contributed by atoms with E-state index in [9.17, 15) is 0 Å². The molecule has 0 saturated heterocycles. The summed E-state index contributed by atoms with van der Waals surface area (Å²) < 4.78 is 2.00. The zero-order valence-corrected chi connectivity index (χ0v) is 14.4. The third-order valence-electron chi connectivity index (χ3n) is 5.10. The molecule has 0 radical (unpaired) electrons. The van der Waals surface area contributed by atoms with Crippen molar-refractivity contribution in [2.24, 2.45) is 7.05 Å². The Morgan fingerprint density at radius 3 is 2.73 bits per heavy atom. The molecule has 3 rings (SSSR count). The summed E-state index contributed by atoms with van der Waals surface area (Å²) in [4.78, 5) is 0. The van der Waals surface area contributed by atoms with Crippen molar-refractivity contribution in [3.8, 4) is 0 Å². The van der Waals surface area contributed by atoms with Crippen molar-refractivity contribution in [1.29, 1.82) is 0 Å². The maximum atomic E-state index is 4.59. The van der Waals surface area contributed by atoms with Crippen LogP contribution < -0.4 is 5.32 Å². The predicted molar refractivity (Wildman–Crippen MR) is 91.1 cm³/mol. The molecule has 1 aliphatic carbocycles. The molecule has 2 aromatic rings. The molecule has 1 aromatic carbocycles. The lowest BCUT2D eigenvalue weighted by Crippen LogP contribution is -2.25. The number of fused-ring (bicyclic) bond motifs is 1. The summed E-state index contributed by atoms with van der Waals surface area (Å²) in [5, 5.41) is 8.50. The normalized spacial score (nSPS) is 18.5. The Kier molecular flexibility index (Phi) is 4.09. The number of rotatable bonds is 4. The van der Waals surface area contributed by atoms with Gasteiger partial charge in [-0.3, -0.25) is 4.68 Å². The average Bonchev–Trinajstić information content (AvgIpc) is 2.98. The molecule has 0 bridgehead atoms. The van der Waals surface area contributed by atoms with Gasteiger partial charge in [0.15, 0.2) is 0 Å².